The molecule has 0 atom stereocenters. The molecular formula is C20H23NO6S. The van der Waals surface area contributed by atoms with E-state index in [1.165, 1.54) is 18.2 Å². The van der Waals surface area contributed by atoms with Crippen molar-refractivity contribution in [2.24, 2.45) is 0 Å². The lowest BCUT2D eigenvalue weighted by atomic mass is 10.1. The van der Waals surface area contributed by atoms with Crippen LogP contribution in [0.4, 0.5) is 5.69 Å². The smallest absolute Gasteiger partial charge is 0.344 e. The molecule has 7 nitrogen and oxygen atoms in total. The van der Waals surface area contributed by atoms with Gasteiger partial charge in [-0.25, -0.2) is 18.0 Å². The number of aryl methyl sites for hydroxylation is 2. The lowest BCUT2D eigenvalue weighted by Crippen LogP contribution is -2.20. The normalized spacial score (nSPS) is 11.2. The van der Waals surface area contributed by atoms with Crippen molar-refractivity contribution in [2.45, 2.75) is 38.7 Å². The minimum atomic E-state index is -3.91. The Morgan fingerprint density at radius 1 is 1.04 bits per heavy atom. The fraction of sp³-hybridized carbons (Fsp3) is 0.300. The van der Waals surface area contributed by atoms with E-state index in [0.29, 0.717) is 11.3 Å². The van der Waals surface area contributed by atoms with E-state index < -0.39 is 28.6 Å². The SMILES string of the molecule is Cc1ccc(NS(=O)(=O)c2cc(C(=O)OCC(=O)OC(C)C)ccc2C)cc1. The standard InChI is InChI=1S/C20H23NO6S/c1-13(2)27-19(22)12-26-20(23)16-8-7-15(4)18(11-16)28(24,25)21-17-9-5-14(3)6-10-17/h5-11,13,21H,12H2,1-4H3. The van der Waals surface area contributed by atoms with Gasteiger partial charge in [0.05, 0.1) is 16.6 Å². The molecule has 0 radical (unpaired) electrons. The van der Waals surface area contributed by atoms with Crippen LogP contribution in [-0.4, -0.2) is 33.1 Å². The molecule has 0 saturated carbocycles. The van der Waals surface area contributed by atoms with Crippen molar-refractivity contribution in [3.63, 3.8) is 0 Å². The number of benzene rings is 2. The van der Waals surface area contributed by atoms with Gasteiger partial charge in [0.25, 0.3) is 10.0 Å². The van der Waals surface area contributed by atoms with Crippen LogP contribution in [0.3, 0.4) is 0 Å². The molecule has 0 amide bonds. The molecule has 2 aromatic carbocycles. The number of nitrogens with one attached hydrogen (secondary N) is 1. The van der Waals surface area contributed by atoms with Crippen molar-refractivity contribution >= 4 is 27.6 Å². The molecule has 2 aromatic rings. The number of carbonyl (C=O) groups is 2. The van der Waals surface area contributed by atoms with Gasteiger partial charge in [0, 0.05) is 5.69 Å². The summed E-state index contributed by atoms with van der Waals surface area (Å²) in [6, 6.07) is 11.1. The van der Waals surface area contributed by atoms with Gasteiger partial charge < -0.3 is 9.47 Å². The van der Waals surface area contributed by atoms with Crippen LogP contribution in [0, 0.1) is 13.8 Å². The van der Waals surface area contributed by atoms with Crippen LogP contribution in [0.5, 0.6) is 0 Å². The van der Waals surface area contributed by atoms with Gasteiger partial charge in [0.15, 0.2) is 6.61 Å². The molecule has 0 heterocycles. The van der Waals surface area contributed by atoms with Crippen molar-refractivity contribution in [3.8, 4) is 0 Å². The zero-order valence-electron chi connectivity index (χ0n) is 16.2. The van der Waals surface area contributed by atoms with E-state index in [4.69, 9.17) is 9.47 Å². The summed E-state index contributed by atoms with van der Waals surface area (Å²) >= 11 is 0. The number of sulfonamides is 1. The molecule has 2 rings (SSSR count). The van der Waals surface area contributed by atoms with E-state index in [9.17, 15) is 18.0 Å². The molecule has 0 unspecified atom stereocenters. The molecular weight excluding hydrogens is 382 g/mol. The summed E-state index contributed by atoms with van der Waals surface area (Å²) in [5.74, 6) is -1.49. The number of rotatable bonds is 7. The third-order valence-corrected chi connectivity index (χ3v) is 5.23. The number of ether oxygens (including phenoxy) is 2. The number of carbonyl (C=O) groups excluding carboxylic acids is 2. The molecule has 0 spiro atoms. The van der Waals surface area contributed by atoms with Crippen molar-refractivity contribution in [3.05, 3.63) is 59.2 Å². The minimum absolute atomic E-state index is 0.0206. The Kier molecular flexibility index (Phi) is 6.80. The second-order valence-corrected chi connectivity index (χ2v) is 8.22. The molecule has 0 aliphatic carbocycles. The molecule has 0 aliphatic rings. The zero-order chi connectivity index (χ0) is 20.9. The van der Waals surface area contributed by atoms with E-state index >= 15 is 0 Å². The van der Waals surface area contributed by atoms with Crippen molar-refractivity contribution in [1.82, 2.24) is 0 Å². The van der Waals surface area contributed by atoms with Crippen molar-refractivity contribution in [2.75, 3.05) is 11.3 Å². The van der Waals surface area contributed by atoms with Crippen molar-refractivity contribution in [1.29, 1.82) is 0 Å². The van der Waals surface area contributed by atoms with Gasteiger partial charge in [-0.3, -0.25) is 4.72 Å². The molecule has 0 saturated heterocycles. The highest BCUT2D eigenvalue weighted by Crippen LogP contribution is 2.21. The van der Waals surface area contributed by atoms with E-state index in [1.54, 1.807) is 45.0 Å². The lowest BCUT2D eigenvalue weighted by Gasteiger charge is -2.12. The maximum Gasteiger partial charge on any atom is 0.344 e. The Bertz CT molecular complexity index is 965. The van der Waals surface area contributed by atoms with Crippen LogP contribution in [-0.2, 0) is 24.3 Å². The minimum Gasteiger partial charge on any atom is -0.460 e. The highest BCUT2D eigenvalue weighted by Gasteiger charge is 2.20. The summed E-state index contributed by atoms with van der Waals surface area (Å²) in [6.45, 7) is 6.33. The van der Waals surface area contributed by atoms with E-state index in [2.05, 4.69) is 4.72 Å². The molecule has 0 bridgehead atoms. The maximum absolute atomic E-state index is 12.7. The predicted molar refractivity (Wildman–Crippen MR) is 105 cm³/mol. The Morgan fingerprint density at radius 3 is 2.29 bits per heavy atom. The summed E-state index contributed by atoms with van der Waals surface area (Å²) in [5.41, 5.74) is 1.90. The van der Waals surface area contributed by atoms with Gasteiger partial charge in [-0.1, -0.05) is 23.8 Å². The number of hydrogen-bond acceptors (Lipinski definition) is 6. The average molecular weight is 405 g/mol. The molecule has 0 aromatic heterocycles. The van der Waals surface area contributed by atoms with Crippen LogP contribution in [0.15, 0.2) is 47.4 Å². The first-order valence-corrected chi connectivity index (χ1v) is 10.1. The highest BCUT2D eigenvalue weighted by molar-refractivity contribution is 7.92. The fourth-order valence-electron chi connectivity index (χ4n) is 2.35. The summed E-state index contributed by atoms with van der Waals surface area (Å²) < 4.78 is 37.7. The van der Waals surface area contributed by atoms with E-state index in [1.807, 2.05) is 6.92 Å². The quantitative estimate of drug-likeness (QED) is 0.710. The van der Waals surface area contributed by atoms with Crippen LogP contribution in [0.1, 0.15) is 35.3 Å². The highest BCUT2D eigenvalue weighted by atomic mass is 32.2. The van der Waals surface area contributed by atoms with Gasteiger partial charge in [0.2, 0.25) is 0 Å². The Morgan fingerprint density at radius 2 is 1.68 bits per heavy atom. The third kappa shape index (κ3) is 5.82. The Labute approximate surface area is 164 Å². The Balaban J connectivity index is 2.18. The summed E-state index contributed by atoms with van der Waals surface area (Å²) in [6.07, 6.45) is -0.324. The average Bonchev–Trinajstić information content (AvgIpc) is 2.61. The molecule has 28 heavy (non-hydrogen) atoms. The largest absolute Gasteiger partial charge is 0.460 e. The molecule has 8 heteroatoms. The number of hydrogen-bond donors (Lipinski definition) is 1. The van der Waals surface area contributed by atoms with Crippen LogP contribution >= 0.6 is 0 Å². The molecule has 150 valence electrons. The van der Waals surface area contributed by atoms with Crippen LogP contribution < -0.4 is 4.72 Å². The van der Waals surface area contributed by atoms with E-state index in [0.717, 1.165) is 5.56 Å². The Hall–Kier alpha value is -2.87. The van der Waals surface area contributed by atoms with Crippen molar-refractivity contribution < 1.29 is 27.5 Å². The number of esters is 2. The fourth-order valence-corrected chi connectivity index (χ4v) is 3.68. The summed E-state index contributed by atoms with van der Waals surface area (Å²) in [4.78, 5) is 23.6. The molecule has 0 fully saturated rings. The summed E-state index contributed by atoms with van der Waals surface area (Å²) in [5, 5.41) is 0. The maximum atomic E-state index is 12.7. The molecule has 0 aliphatic heterocycles. The van der Waals surface area contributed by atoms with Gasteiger partial charge in [-0.15, -0.1) is 0 Å². The topological polar surface area (TPSA) is 98.8 Å². The third-order valence-electron chi connectivity index (χ3n) is 3.71. The van der Waals surface area contributed by atoms with Crippen LogP contribution in [0.2, 0.25) is 0 Å². The summed E-state index contributed by atoms with van der Waals surface area (Å²) in [7, 11) is -3.91. The molecule has 1 N–H and O–H groups in total. The first-order valence-electron chi connectivity index (χ1n) is 8.65. The van der Waals surface area contributed by atoms with Gasteiger partial charge >= 0.3 is 11.9 Å². The lowest BCUT2D eigenvalue weighted by molar-refractivity contribution is -0.150. The van der Waals surface area contributed by atoms with Gasteiger partial charge in [-0.2, -0.15) is 0 Å². The monoisotopic (exact) mass is 405 g/mol. The first-order chi connectivity index (χ1) is 13.1. The van der Waals surface area contributed by atoms with Gasteiger partial charge in [0.1, 0.15) is 0 Å². The number of anilines is 1. The van der Waals surface area contributed by atoms with E-state index in [-0.39, 0.29) is 16.6 Å². The first kappa shape index (κ1) is 21.4. The zero-order valence-corrected chi connectivity index (χ0v) is 17.0. The second kappa shape index (κ2) is 8.88. The van der Waals surface area contributed by atoms with Crippen LogP contribution in [0.25, 0.3) is 0 Å². The van der Waals surface area contributed by atoms with Gasteiger partial charge in [-0.05, 0) is 57.5 Å². The predicted octanol–water partition coefficient (Wildman–Crippen LogP) is 3.21. The second-order valence-electron chi connectivity index (χ2n) is 6.57.